The number of hydrogen-bond donors (Lipinski definition) is 1. The Morgan fingerprint density at radius 3 is 2.47 bits per heavy atom. The second kappa shape index (κ2) is 10.1. The van der Waals surface area contributed by atoms with Crippen molar-refractivity contribution in [3.05, 3.63) is 91.9 Å². The molecule has 10 heteroatoms. The molecule has 0 aliphatic carbocycles. The maximum Gasteiger partial charge on any atom is 0.276 e. The largest absolute Gasteiger partial charge is 0.471 e. The lowest BCUT2D eigenvalue weighted by atomic mass is 10.2. The highest BCUT2D eigenvalue weighted by atomic mass is 35.5. The first-order valence-corrected chi connectivity index (χ1v) is 11.6. The van der Waals surface area contributed by atoms with E-state index in [1.807, 2.05) is 37.6 Å². The van der Waals surface area contributed by atoms with E-state index < -0.39 is 0 Å². The van der Waals surface area contributed by atoms with Crippen molar-refractivity contribution in [2.45, 2.75) is 34.0 Å². The summed E-state index contributed by atoms with van der Waals surface area (Å²) in [6.07, 6.45) is 1.69. The molecule has 0 spiro atoms. The second-order valence-corrected chi connectivity index (χ2v) is 9.05. The summed E-state index contributed by atoms with van der Waals surface area (Å²) in [5, 5.41) is 13.5. The molecule has 0 bridgehead atoms. The molecule has 0 fully saturated rings. The first kappa shape index (κ1) is 24.1. The Morgan fingerprint density at radius 2 is 1.74 bits per heavy atom. The number of aromatic nitrogens is 4. The number of hydrogen-bond acceptors (Lipinski definition) is 4. The zero-order valence-electron chi connectivity index (χ0n) is 18.8. The normalized spacial score (nSPS) is 11.0. The van der Waals surface area contributed by atoms with Crippen LogP contribution in [-0.2, 0) is 13.3 Å². The van der Waals surface area contributed by atoms with E-state index in [1.165, 1.54) is 0 Å². The second-order valence-electron chi connectivity index (χ2n) is 7.83. The van der Waals surface area contributed by atoms with Gasteiger partial charge in [-0.1, -0.05) is 40.9 Å². The Balaban J connectivity index is 1.42. The third-order valence-corrected chi connectivity index (χ3v) is 6.47. The van der Waals surface area contributed by atoms with Crippen LogP contribution >= 0.6 is 34.8 Å². The van der Waals surface area contributed by atoms with Gasteiger partial charge in [-0.15, -0.1) is 0 Å². The lowest BCUT2D eigenvalue weighted by Crippen LogP contribution is -2.15. The number of ether oxygens (including phenoxy) is 1. The van der Waals surface area contributed by atoms with E-state index in [9.17, 15) is 4.79 Å². The van der Waals surface area contributed by atoms with Gasteiger partial charge in [-0.2, -0.15) is 10.2 Å². The van der Waals surface area contributed by atoms with Crippen molar-refractivity contribution in [2.75, 3.05) is 5.32 Å². The number of anilines is 1. The molecular formula is C24H22Cl3N5O2. The SMILES string of the molecule is Cc1cc(OCn2ccc(C(=O)Nc3c(C)nn(Cc4ccc(Cl)c(Cl)c4)c3C)n2)ccc1Cl. The van der Waals surface area contributed by atoms with Crippen LogP contribution in [0.5, 0.6) is 5.75 Å². The lowest BCUT2D eigenvalue weighted by Gasteiger charge is -2.08. The average Bonchev–Trinajstić information content (AvgIpc) is 3.38. The molecule has 176 valence electrons. The van der Waals surface area contributed by atoms with Gasteiger partial charge in [-0.3, -0.25) is 9.48 Å². The number of rotatable bonds is 7. The molecule has 4 rings (SSSR count). The summed E-state index contributed by atoms with van der Waals surface area (Å²) in [5.74, 6) is 0.338. The van der Waals surface area contributed by atoms with Crippen molar-refractivity contribution in [2.24, 2.45) is 0 Å². The summed E-state index contributed by atoms with van der Waals surface area (Å²) < 4.78 is 9.09. The van der Waals surface area contributed by atoms with Crippen molar-refractivity contribution in [3.63, 3.8) is 0 Å². The highest BCUT2D eigenvalue weighted by Gasteiger charge is 2.17. The molecule has 1 amide bonds. The number of carbonyl (C=O) groups excluding carboxylic acids is 1. The molecule has 1 N–H and O–H groups in total. The minimum Gasteiger partial charge on any atom is -0.471 e. The number of aryl methyl sites for hydroxylation is 2. The fourth-order valence-corrected chi connectivity index (χ4v) is 3.86. The van der Waals surface area contributed by atoms with E-state index >= 15 is 0 Å². The molecule has 2 aromatic carbocycles. The molecule has 0 radical (unpaired) electrons. The molecule has 4 aromatic rings. The van der Waals surface area contributed by atoms with Gasteiger partial charge in [0.05, 0.1) is 33.7 Å². The Hall–Kier alpha value is -3.00. The number of amides is 1. The summed E-state index contributed by atoms with van der Waals surface area (Å²) in [5.41, 5.74) is 4.31. The van der Waals surface area contributed by atoms with Crippen LogP contribution in [0.4, 0.5) is 5.69 Å². The maximum atomic E-state index is 12.8. The first-order valence-electron chi connectivity index (χ1n) is 10.4. The van der Waals surface area contributed by atoms with Crippen LogP contribution in [0.1, 0.15) is 33.0 Å². The topological polar surface area (TPSA) is 74.0 Å². The summed E-state index contributed by atoms with van der Waals surface area (Å²) in [6.45, 7) is 6.30. The molecule has 0 unspecified atom stereocenters. The molecule has 2 aromatic heterocycles. The zero-order chi connectivity index (χ0) is 24.4. The van der Waals surface area contributed by atoms with Crippen LogP contribution in [0.2, 0.25) is 15.1 Å². The number of carbonyl (C=O) groups is 1. The third kappa shape index (κ3) is 5.38. The van der Waals surface area contributed by atoms with Crippen LogP contribution in [0.25, 0.3) is 0 Å². The quantitative estimate of drug-likeness (QED) is 0.311. The number of nitrogens with one attached hydrogen (secondary N) is 1. The zero-order valence-corrected chi connectivity index (χ0v) is 21.0. The van der Waals surface area contributed by atoms with Gasteiger partial charge in [0.25, 0.3) is 5.91 Å². The van der Waals surface area contributed by atoms with Gasteiger partial charge in [0, 0.05) is 11.2 Å². The molecule has 2 heterocycles. The van der Waals surface area contributed by atoms with E-state index in [4.69, 9.17) is 39.5 Å². The number of nitrogens with zero attached hydrogens (tertiary/aromatic N) is 4. The average molecular weight is 519 g/mol. The number of halogens is 3. The molecule has 0 aliphatic heterocycles. The van der Waals surface area contributed by atoms with Gasteiger partial charge in [0.2, 0.25) is 0 Å². The van der Waals surface area contributed by atoms with Gasteiger partial charge in [0.1, 0.15) is 5.75 Å². The minimum atomic E-state index is -0.332. The molecule has 0 aliphatic rings. The lowest BCUT2D eigenvalue weighted by molar-refractivity contribution is 0.102. The summed E-state index contributed by atoms with van der Waals surface area (Å²) in [4.78, 5) is 12.8. The van der Waals surface area contributed by atoms with Crippen molar-refractivity contribution in [3.8, 4) is 5.75 Å². The van der Waals surface area contributed by atoms with Gasteiger partial charge in [0.15, 0.2) is 12.4 Å². The molecular weight excluding hydrogens is 497 g/mol. The van der Waals surface area contributed by atoms with Gasteiger partial charge < -0.3 is 10.1 Å². The van der Waals surface area contributed by atoms with E-state index in [-0.39, 0.29) is 18.3 Å². The van der Waals surface area contributed by atoms with Crippen molar-refractivity contribution >= 4 is 46.4 Å². The Morgan fingerprint density at radius 1 is 0.971 bits per heavy atom. The molecule has 0 atom stereocenters. The fourth-order valence-electron chi connectivity index (χ4n) is 3.42. The predicted octanol–water partition coefficient (Wildman–Crippen LogP) is 6.30. The molecule has 0 saturated heterocycles. The van der Waals surface area contributed by atoms with Crippen LogP contribution in [0.3, 0.4) is 0 Å². The predicted molar refractivity (Wildman–Crippen MR) is 134 cm³/mol. The molecule has 7 nitrogen and oxygen atoms in total. The van der Waals surface area contributed by atoms with Crippen molar-refractivity contribution in [1.29, 1.82) is 0 Å². The fraction of sp³-hybridized carbons (Fsp3) is 0.208. The molecule has 0 saturated carbocycles. The van der Waals surface area contributed by atoms with E-state index in [1.54, 1.807) is 41.2 Å². The van der Waals surface area contributed by atoms with Crippen LogP contribution in [0.15, 0.2) is 48.7 Å². The standard InChI is InChI=1S/C24H22Cl3N5O2/c1-14-10-18(5-7-19(14)25)34-13-31-9-8-22(30-31)24(33)28-23-15(2)29-32(16(23)3)12-17-4-6-20(26)21(27)11-17/h4-11H,12-13H2,1-3H3,(H,28,33). The third-order valence-electron chi connectivity index (χ3n) is 5.30. The summed E-state index contributed by atoms with van der Waals surface area (Å²) in [6, 6.07) is 12.5. The Labute approximate surface area is 212 Å². The summed E-state index contributed by atoms with van der Waals surface area (Å²) >= 11 is 18.2. The van der Waals surface area contributed by atoms with Gasteiger partial charge in [-0.25, -0.2) is 4.68 Å². The van der Waals surface area contributed by atoms with E-state index in [2.05, 4.69) is 15.5 Å². The smallest absolute Gasteiger partial charge is 0.276 e. The van der Waals surface area contributed by atoms with Gasteiger partial charge in [-0.05, 0) is 68.3 Å². The summed E-state index contributed by atoms with van der Waals surface area (Å²) in [7, 11) is 0. The van der Waals surface area contributed by atoms with E-state index in [0.29, 0.717) is 38.7 Å². The van der Waals surface area contributed by atoms with E-state index in [0.717, 1.165) is 16.8 Å². The van der Waals surface area contributed by atoms with Crippen LogP contribution < -0.4 is 10.1 Å². The van der Waals surface area contributed by atoms with Crippen molar-refractivity contribution in [1.82, 2.24) is 19.6 Å². The Bertz CT molecular complexity index is 1360. The number of benzene rings is 2. The van der Waals surface area contributed by atoms with Gasteiger partial charge >= 0.3 is 0 Å². The van der Waals surface area contributed by atoms with Crippen LogP contribution in [-0.4, -0.2) is 25.5 Å². The Kier molecular flexibility index (Phi) is 7.16. The van der Waals surface area contributed by atoms with Crippen LogP contribution in [0, 0.1) is 20.8 Å². The minimum absolute atomic E-state index is 0.161. The van der Waals surface area contributed by atoms with Crippen molar-refractivity contribution < 1.29 is 9.53 Å². The first-order chi connectivity index (χ1) is 16.2. The molecule has 34 heavy (non-hydrogen) atoms. The monoisotopic (exact) mass is 517 g/mol. The highest BCUT2D eigenvalue weighted by Crippen LogP contribution is 2.25. The maximum absolute atomic E-state index is 12.8. The highest BCUT2D eigenvalue weighted by molar-refractivity contribution is 6.42.